The second-order valence-electron chi connectivity index (χ2n) is 7.46. The highest BCUT2D eigenvalue weighted by Gasteiger charge is 2.19. The van der Waals surface area contributed by atoms with Crippen molar-refractivity contribution >= 4 is 11.7 Å². The van der Waals surface area contributed by atoms with Crippen LogP contribution in [0.15, 0.2) is 54.6 Å². The van der Waals surface area contributed by atoms with E-state index in [4.69, 9.17) is 4.74 Å². The molecule has 3 rings (SSSR count). The van der Waals surface area contributed by atoms with Crippen LogP contribution in [0.1, 0.15) is 24.8 Å². The Morgan fingerprint density at radius 2 is 2.04 bits per heavy atom. The second kappa shape index (κ2) is 10.7. The van der Waals surface area contributed by atoms with Gasteiger partial charge in [-0.25, -0.2) is 4.79 Å². The molecular weight excluding hydrogens is 350 g/mol. The Kier molecular flexibility index (Phi) is 7.73. The van der Waals surface area contributed by atoms with Crippen LogP contribution in [0.2, 0.25) is 0 Å². The fraction of sp³-hybridized carbons (Fsp3) is 0.435. The van der Waals surface area contributed by atoms with Crippen LogP contribution in [0.5, 0.6) is 5.75 Å². The number of hydrogen-bond acceptors (Lipinski definition) is 3. The molecular formula is C23H31N3O2. The van der Waals surface area contributed by atoms with E-state index in [0.29, 0.717) is 6.54 Å². The number of hydrogen-bond donors (Lipinski definition) is 2. The lowest BCUT2D eigenvalue weighted by Crippen LogP contribution is -2.38. The molecule has 2 aromatic rings. The Hall–Kier alpha value is -2.53. The van der Waals surface area contributed by atoms with E-state index in [1.807, 2.05) is 18.2 Å². The fourth-order valence-electron chi connectivity index (χ4n) is 3.85. The Bertz CT molecular complexity index is 736. The molecule has 2 N–H and O–H groups in total. The lowest BCUT2D eigenvalue weighted by Gasteiger charge is -2.32. The van der Waals surface area contributed by atoms with Crippen molar-refractivity contribution in [2.24, 2.45) is 5.92 Å². The van der Waals surface area contributed by atoms with Crippen LogP contribution >= 0.6 is 0 Å². The smallest absolute Gasteiger partial charge is 0.319 e. The van der Waals surface area contributed by atoms with E-state index in [-0.39, 0.29) is 6.03 Å². The zero-order valence-electron chi connectivity index (χ0n) is 16.7. The second-order valence-corrected chi connectivity index (χ2v) is 7.46. The maximum Gasteiger partial charge on any atom is 0.319 e. The summed E-state index contributed by atoms with van der Waals surface area (Å²) >= 11 is 0. The summed E-state index contributed by atoms with van der Waals surface area (Å²) in [7, 11) is 1.62. The van der Waals surface area contributed by atoms with E-state index in [2.05, 4.69) is 45.9 Å². The summed E-state index contributed by atoms with van der Waals surface area (Å²) in [4.78, 5) is 14.6. The van der Waals surface area contributed by atoms with Gasteiger partial charge in [0.25, 0.3) is 0 Å². The Morgan fingerprint density at radius 1 is 1.18 bits per heavy atom. The average molecular weight is 382 g/mol. The van der Waals surface area contributed by atoms with Gasteiger partial charge in [-0.3, -0.25) is 0 Å². The van der Waals surface area contributed by atoms with Gasteiger partial charge in [-0.15, -0.1) is 0 Å². The number of carbonyl (C=O) groups is 1. The first-order valence-electron chi connectivity index (χ1n) is 10.2. The molecule has 1 fully saturated rings. The number of nitrogens with zero attached hydrogens (tertiary/aromatic N) is 1. The maximum atomic E-state index is 12.0. The van der Waals surface area contributed by atoms with E-state index in [9.17, 15) is 4.79 Å². The standard InChI is InChI=1S/C23H31N3O2/c1-28-22-12-5-11-21(17-22)25-23(27)24-13-7-15-26-14-6-10-20(18-26)16-19-8-3-2-4-9-19/h2-5,8-9,11-12,17,20H,6-7,10,13-16,18H2,1H3,(H2,24,25,27). The van der Waals surface area contributed by atoms with Gasteiger partial charge in [0.1, 0.15) is 5.75 Å². The third-order valence-electron chi connectivity index (χ3n) is 5.23. The molecule has 1 unspecified atom stereocenters. The molecule has 5 nitrogen and oxygen atoms in total. The SMILES string of the molecule is COc1cccc(NC(=O)NCCCN2CCCC(Cc3ccccc3)C2)c1. The summed E-state index contributed by atoms with van der Waals surface area (Å²) in [6.45, 7) is 4.03. The summed E-state index contributed by atoms with van der Waals surface area (Å²) in [6, 6.07) is 18.0. The molecule has 0 bridgehead atoms. The van der Waals surface area contributed by atoms with Gasteiger partial charge in [0, 0.05) is 24.8 Å². The van der Waals surface area contributed by atoms with Gasteiger partial charge in [-0.05, 0) is 62.4 Å². The van der Waals surface area contributed by atoms with Crippen LogP contribution < -0.4 is 15.4 Å². The molecule has 1 atom stereocenters. The average Bonchev–Trinajstić information content (AvgIpc) is 2.72. The third-order valence-corrected chi connectivity index (χ3v) is 5.23. The predicted octanol–water partition coefficient (Wildman–Crippen LogP) is 4.16. The molecule has 2 amide bonds. The number of carbonyl (C=O) groups excluding carboxylic acids is 1. The molecule has 1 heterocycles. The topological polar surface area (TPSA) is 53.6 Å². The lowest BCUT2D eigenvalue weighted by molar-refractivity contribution is 0.172. The van der Waals surface area contributed by atoms with Gasteiger partial charge in [-0.2, -0.15) is 0 Å². The molecule has 0 radical (unpaired) electrons. The number of benzene rings is 2. The summed E-state index contributed by atoms with van der Waals surface area (Å²) in [6.07, 6.45) is 4.70. The number of nitrogens with one attached hydrogen (secondary N) is 2. The van der Waals surface area contributed by atoms with Gasteiger partial charge in [0.05, 0.1) is 7.11 Å². The largest absolute Gasteiger partial charge is 0.497 e. The van der Waals surface area contributed by atoms with Crippen molar-refractivity contribution < 1.29 is 9.53 Å². The first-order valence-corrected chi connectivity index (χ1v) is 10.2. The van der Waals surface area contributed by atoms with Gasteiger partial charge < -0.3 is 20.3 Å². The maximum absolute atomic E-state index is 12.0. The van der Waals surface area contributed by atoms with Gasteiger partial charge >= 0.3 is 6.03 Å². The highest BCUT2D eigenvalue weighted by atomic mass is 16.5. The van der Waals surface area contributed by atoms with E-state index >= 15 is 0 Å². The minimum Gasteiger partial charge on any atom is -0.497 e. The first-order chi connectivity index (χ1) is 13.7. The molecule has 1 saturated heterocycles. The zero-order chi connectivity index (χ0) is 19.6. The highest BCUT2D eigenvalue weighted by molar-refractivity contribution is 5.89. The Balaban J connectivity index is 1.33. The van der Waals surface area contributed by atoms with Crippen LogP contribution in [0, 0.1) is 5.92 Å². The monoisotopic (exact) mass is 381 g/mol. The van der Waals surface area contributed by atoms with Crippen LogP contribution in [0.4, 0.5) is 10.5 Å². The van der Waals surface area contributed by atoms with Crippen LogP contribution in [0.25, 0.3) is 0 Å². The van der Waals surface area contributed by atoms with Crippen LogP contribution in [-0.4, -0.2) is 44.2 Å². The third kappa shape index (κ3) is 6.57. The summed E-state index contributed by atoms with van der Waals surface area (Å²) < 4.78 is 5.17. The number of anilines is 1. The molecule has 150 valence electrons. The summed E-state index contributed by atoms with van der Waals surface area (Å²) in [5.41, 5.74) is 2.17. The van der Waals surface area contributed by atoms with Gasteiger partial charge in [0.15, 0.2) is 0 Å². The molecule has 0 aliphatic carbocycles. The molecule has 1 aliphatic heterocycles. The Morgan fingerprint density at radius 3 is 2.86 bits per heavy atom. The number of amides is 2. The molecule has 5 heteroatoms. The van der Waals surface area contributed by atoms with Crippen molar-refractivity contribution in [2.75, 3.05) is 38.6 Å². The number of piperidine rings is 1. The van der Waals surface area contributed by atoms with E-state index < -0.39 is 0 Å². The van der Waals surface area contributed by atoms with Crippen molar-refractivity contribution in [1.82, 2.24) is 10.2 Å². The minimum absolute atomic E-state index is 0.172. The lowest BCUT2D eigenvalue weighted by atomic mass is 9.91. The number of methoxy groups -OCH3 is 1. The summed E-state index contributed by atoms with van der Waals surface area (Å²) in [5.74, 6) is 1.47. The van der Waals surface area contributed by atoms with Crippen molar-refractivity contribution in [3.8, 4) is 5.75 Å². The van der Waals surface area contributed by atoms with Crippen LogP contribution in [0.3, 0.4) is 0 Å². The molecule has 28 heavy (non-hydrogen) atoms. The van der Waals surface area contributed by atoms with E-state index in [1.165, 1.54) is 31.4 Å². The van der Waals surface area contributed by atoms with Crippen molar-refractivity contribution in [2.45, 2.75) is 25.7 Å². The minimum atomic E-state index is -0.172. The van der Waals surface area contributed by atoms with Crippen molar-refractivity contribution in [1.29, 1.82) is 0 Å². The summed E-state index contributed by atoms with van der Waals surface area (Å²) in [5, 5.41) is 5.79. The highest BCUT2D eigenvalue weighted by Crippen LogP contribution is 2.21. The number of rotatable bonds is 8. The molecule has 2 aromatic carbocycles. The predicted molar refractivity (Wildman–Crippen MR) is 114 cm³/mol. The Labute approximate surface area is 168 Å². The molecule has 0 spiro atoms. The fourth-order valence-corrected chi connectivity index (χ4v) is 3.85. The first kappa shape index (κ1) is 20.2. The molecule has 0 aromatic heterocycles. The van der Waals surface area contributed by atoms with E-state index in [0.717, 1.165) is 36.9 Å². The van der Waals surface area contributed by atoms with Crippen molar-refractivity contribution in [3.63, 3.8) is 0 Å². The molecule has 1 aliphatic rings. The van der Waals surface area contributed by atoms with Crippen LogP contribution in [-0.2, 0) is 6.42 Å². The zero-order valence-corrected chi connectivity index (χ0v) is 16.7. The van der Waals surface area contributed by atoms with Crippen molar-refractivity contribution in [3.05, 3.63) is 60.2 Å². The van der Waals surface area contributed by atoms with Gasteiger partial charge in [-0.1, -0.05) is 36.4 Å². The quantitative estimate of drug-likeness (QED) is 0.675. The molecule has 0 saturated carbocycles. The van der Waals surface area contributed by atoms with E-state index in [1.54, 1.807) is 13.2 Å². The number of likely N-dealkylation sites (tertiary alicyclic amines) is 1. The van der Waals surface area contributed by atoms with Gasteiger partial charge in [0.2, 0.25) is 0 Å². The number of ether oxygens (including phenoxy) is 1. The normalized spacial score (nSPS) is 17.1. The number of urea groups is 1.